The van der Waals surface area contributed by atoms with Crippen LogP contribution in [-0.2, 0) is 0 Å². The standard InChI is InChI=1S/C18H25NO2/c1-2-4-17-10-11-19(15-17)12-14-21-18-8-6-16(7-9-18)5-3-13-20/h6-9,17,20H,2,4,10-15H2,1H3. The number of benzene rings is 1. The van der Waals surface area contributed by atoms with Crippen LogP contribution in [0.1, 0.15) is 31.7 Å². The van der Waals surface area contributed by atoms with Crippen molar-refractivity contribution in [1.29, 1.82) is 0 Å². The lowest BCUT2D eigenvalue weighted by Gasteiger charge is -2.16. The first-order valence-electron chi connectivity index (χ1n) is 7.86. The topological polar surface area (TPSA) is 32.7 Å². The summed E-state index contributed by atoms with van der Waals surface area (Å²) in [6.07, 6.45) is 3.99. The van der Waals surface area contributed by atoms with Crippen molar-refractivity contribution in [2.24, 2.45) is 5.92 Å². The van der Waals surface area contributed by atoms with E-state index in [4.69, 9.17) is 9.84 Å². The highest BCUT2D eigenvalue weighted by Gasteiger charge is 2.20. The molecule has 2 rings (SSSR count). The van der Waals surface area contributed by atoms with Crippen molar-refractivity contribution >= 4 is 0 Å². The van der Waals surface area contributed by atoms with Crippen LogP contribution in [0.2, 0.25) is 0 Å². The second kappa shape index (κ2) is 8.71. The Hall–Kier alpha value is -1.50. The molecule has 0 aromatic heterocycles. The first-order chi connectivity index (χ1) is 10.3. The van der Waals surface area contributed by atoms with Crippen molar-refractivity contribution in [3.8, 4) is 17.6 Å². The van der Waals surface area contributed by atoms with Gasteiger partial charge in [-0.05, 0) is 49.6 Å². The molecule has 3 heteroatoms. The van der Waals surface area contributed by atoms with E-state index in [0.29, 0.717) is 0 Å². The molecule has 0 radical (unpaired) electrons. The molecule has 114 valence electrons. The van der Waals surface area contributed by atoms with E-state index in [-0.39, 0.29) is 6.61 Å². The third-order valence-electron chi connectivity index (χ3n) is 3.91. The van der Waals surface area contributed by atoms with Gasteiger partial charge in [-0.2, -0.15) is 0 Å². The summed E-state index contributed by atoms with van der Waals surface area (Å²) < 4.78 is 5.78. The van der Waals surface area contributed by atoms with Crippen LogP contribution in [0.25, 0.3) is 0 Å². The summed E-state index contributed by atoms with van der Waals surface area (Å²) in [4.78, 5) is 2.50. The molecule has 1 aromatic carbocycles. The molecular formula is C18H25NO2. The fraction of sp³-hybridized carbons (Fsp3) is 0.556. The Kier molecular flexibility index (Phi) is 6.59. The number of hydrogen-bond acceptors (Lipinski definition) is 3. The molecule has 21 heavy (non-hydrogen) atoms. The Morgan fingerprint density at radius 1 is 1.33 bits per heavy atom. The van der Waals surface area contributed by atoms with Crippen LogP contribution in [0, 0.1) is 17.8 Å². The molecule has 0 saturated carbocycles. The van der Waals surface area contributed by atoms with Gasteiger partial charge in [0.1, 0.15) is 19.0 Å². The fourth-order valence-electron chi connectivity index (χ4n) is 2.83. The minimum Gasteiger partial charge on any atom is -0.492 e. The molecule has 1 heterocycles. The van der Waals surface area contributed by atoms with Crippen molar-refractivity contribution in [1.82, 2.24) is 4.90 Å². The number of likely N-dealkylation sites (tertiary alicyclic amines) is 1. The number of nitrogens with zero attached hydrogens (tertiary/aromatic N) is 1. The summed E-state index contributed by atoms with van der Waals surface area (Å²) in [7, 11) is 0. The second-order valence-corrected chi connectivity index (χ2v) is 5.58. The molecular weight excluding hydrogens is 262 g/mol. The van der Waals surface area contributed by atoms with Crippen LogP contribution in [0.3, 0.4) is 0 Å². The summed E-state index contributed by atoms with van der Waals surface area (Å²) in [5.41, 5.74) is 0.901. The molecule has 1 N–H and O–H groups in total. The van der Waals surface area contributed by atoms with Gasteiger partial charge in [0, 0.05) is 18.7 Å². The summed E-state index contributed by atoms with van der Waals surface area (Å²) in [6.45, 7) is 6.34. The Morgan fingerprint density at radius 3 is 2.86 bits per heavy atom. The van der Waals surface area contributed by atoms with E-state index >= 15 is 0 Å². The lowest BCUT2D eigenvalue weighted by Crippen LogP contribution is -2.26. The first-order valence-corrected chi connectivity index (χ1v) is 7.86. The SMILES string of the molecule is CCCC1CCN(CCOc2ccc(C#CCO)cc2)C1. The van der Waals surface area contributed by atoms with Gasteiger partial charge in [-0.3, -0.25) is 4.90 Å². The minimum atomic E-state index is -0.104. The smallest absolute Gasteiger partial charge is 0.119 e. The average Bonchev–Trinajstić information content (AvgIpc) is 2.94. The quantitative estimate of drug-likeness (QED) is 0.816. The van der Waals surface area contributed by atoms with Gasteiger partial charge in [-0.25, -0.2) is 0 Å². The van der Waals surface area contributed by atoms with Gasteiger partial charge in [-0.1, -0.05) is 25.2 Å². The second-order valence-electron chi connectivity index (χ2n) is 5.58. The Balaban J connectivity index is 1.69. The fourth-order valence-corrected chi connectivity index (χ4v) is 2.83. The van der Waals surface area contributed by atoms with Crippen molar-refractivity contribution in [2.45, 2.75) is 26.2 Å². The monoisotopic (exact) mass is 287 g/mol. The molecule has 1 aromatic rings. The van der Waals surface area contributed by atoms with Crippen molar-refractivity contribution in [3.05, 3.63) is 29.8 Å². The highest BCUT2D eigenvalue weighted by Crippen LogP contribution is 2.20. The summed E-state index contributed by atoms with van der Waals surface area (Å²) >= 11 is 0. The van der Waals surface area contributed by atoms with Crippen molar-refractivity contribution in [2.75, 3.05) is 32.8 Å². The van der Waals surface area contributed by atoms with Crippen molar-refractivity contribution in [3.63, 3.8) is 0 Å². The predicted molar refractivity (Wildman–Crippen MR) is 85.4 cm³/mol. The third-order valence-corrected chi connectivity index (χ3v) is 3.91. The molecule has 1 unspecified atom stereocenters. The molecule has 1 atom stereocenters. The highest BCUT2D eigenvalue weighted by molar-refractivity contribution is 5.38. The number of ether oxygens (including phenoxy) is 1. The molecule has 0 bridgehead atoms. The lowest BCUT2D eigenvalue weighted by molar-refractivity contribution is 0.232. The molecule has 0 amide bonds. The Labute approximate surface area is 127 Å². The third kappa shape index (κ3) is 5.41. The molecule has 1 aliphatic rings. The van der Waals surface area contributed by atoms with Crippen molar-refractivity contribution < 1.29 is 9.84 Å². The van der Waals surface area contributed by atoms with Gasteiger partial charge >= 0.3 is 0 Å². The van der Waals surface area contributed by atoms with E-state index < -0.39 is 0 Å². The van der Waals surface area contributed by atoms with Crippen LogP contribution in [-0.4, -0.2) is 42.9 Å². The largest absolute Gasteiger partial charge is 0.492 e. The molecule has 3 nitrogen and oxygen atoms in total. The Morgan fingerprint density at radius 2 is 2.14 bits per heavy atom. The number of aliphatic hydroxyl groups excluding tert-OH is 1. The normalized spacial score (nSPS) is 18.3. The van der Waals surface area contributed by atoms with Gasteiger partial charge in [0.2, 0.25) is 0 Å². The zero-order valence-corrected chi connectivity index (χ0v) is 12.8. The van der Waals surface area contributed by atoms with Gasteiger partial charge in [0.25, 0.3) is 0 Å². The van der Waals surface area contributed by atoms with Crippen LogP contribution in [0.5, 0.6) is 5.75 Å². The zero-order chi connectivity index (χ0) is 14.9. The van der Waals surface area contributed by atoms with E-state index in [0.717, 1.165) is 30.4 Å². The maximum atomic E-state index is 8.65. The van der Waals surface area contributed by atoms with Gasteiger partial charge in [0.15, 0.2) is 0 Å². The maximum Gasteiger partial charge on any atom is 0.119 e. The van der Waals surface area contributed by atoms with Gasteiger partial charge in [-0.15, -0.1) is 0 Å². The number of hydrogen-bond donors (Lipinski definition) is 1. The molecule has 1 aliphatic heterocycles. The van der Waals surface area contributed by atoms with E-state index in [1.165, 1.54) is 32.4 Å². The van der Waals surface area contributed by atoms with Gasteiger partial charge in [0.05, 0.1) is 0 Å². The van der Waals surface area contributed by atoms with E-state index in [9.17, 15) is 0 Å². The molecule has 1 fully saturated rings. The zero-order valence-electron chi connectivity index (χ0n) is 12.8. The first kappa shape index (κ1) is 15.9. The summed E-state index contributed by atoms with van der Waals surface area (Å²) in [5.74, 6) is 7.28. The van der Waals surface area contributed by atoms with E-state index in [2.05, 4.69) is 23.7 Å². The average molecular weight is 287 g/mol. The molecule has 1 saturated heterocycles. The highest BCUT2D eigenvalue weighted by atomic mass is 16.5. The molecule has 0 aliphatic carbocycles. The van der Waals surface area contributed by atoms with E-state index in [1.807, 2.05) is 24.3 Å². The van der Waals surface area contributed by atoms with E-state index in [1.54, 1.807) is 0 Å². The lowest BCUT2D eigenvalue weighted by atomic mass is 10.0. The van der Waals surface area contributed by atoms with Crippen LogP contribution in [0.4, 0.5) is 0 Å². The van der Waals surface area contributed by atoms with Gasteiger partial charge < -0.3 is 9.84 Å². The predicted octanol–water partition coefficient (Wildman–Crippen LogP) is 2.53. The summed E-state index contributed by atoms with van der Waals surface area (Å²) in [5, 5.41) is 8.65. The summed E-state index contributed by atoms with van der Waals surface area (Å²) in [6, 6.07) is 7.72. The number of aliphatic hydroxyl groups is 1. The number of rotatable bonds is 6. The minimum absolute atomic E-state index is 0.104. The van der Waals surface area contributed by atoms with Crippen LogP contribution < -0.4 is 4.74 Å². The molecule has 0 spiro atoms. The van der Waals surface area contributed by atoms with Crippen LogP contribution >= 0.6 is 0 Å². The maximum absolute atomic E-state index is 8.65. The van der Waals surface area contributed by atoms with Crippen LogP contribution in [0.15, 0.2) is 24.3 Å². The Bertz CT molecular complexity index is 472.